The maximum Gasteiger partial charge on any atom is 0.337 e. The summed E-state index contributed by atoms with van der Waals surface area (Å²) < 4.78 is 32.8. The predicted octanol–water partition coefficient (Wildman–Crippen LogP) is 3.80. The molecule has 2 saturated carbocycles. The van der Waals surface area contributed by atoms with Gasteiger partial charge in [-0.2, -0.15) is 0 Å². The Morgan fingerprint density at radius 3 is 2.50 bits per heavy atom. The zero-order valence-corrected chi connectivity index (χ0v) is 23.2. The van der Waals surface area contributed by atoms with Crippen LogP contribution in [0.4, 0.5) is 0 Å². The quantitative estimate of drug-likeness (QED) is 0.617. The Morgan fingerprint density at radius 2 is 1.79 bits per heavy atom. The Morgan fingerprint density at radius 1 is 1.05 bits per heavy atom. The average molecular weight is 539 g/mol. The lowest BCUT2D eigenvalue weighted by Gasteiger charge is -2.45. The molecule has 9 heteroatoms. The van der Waals surface area contributed by atoms with Gasteiger partial charge in [-0.25, -0.2) is 22.1 Å². The molecule has 3 atom stereocenters. The summed E-state index contributed by atoms with van der Waals surface area (Å²) in [5.41, 5.74) is 2.10. The molecule has 3 aliphatic carbocycles. The fourth-order valence-electron chi connectivity index (χ4n) is 9.31. The first-order valence-electron chi connectivity index (χ1n) is 14.2. The summed E-state index contributed by atoms with van der Waals surface area (Å²) in [5.74, 6) is 0.436. The molecule has 1 aromatic heterocycles. The summed E-state index contributed by atoms with van der Waals surface area (Å²) in [7, 11) is -3.59. The second kappa shape index (κ2) is 7.84. The van der Waals surface area contributed by atoms with E-state index in [9.17, 15) is 18.3 Å². The molecule has 2 aliphatic heterocycles. The van der Waals surface area contributed by atoms with Crippen molar-refractivity contribution in [1.82, 2.24) is 13.4 Å². The third-order valence-electron chi connectivity index (χ3n) is 11.7. The highest BCUT2D eigenvalue weighted by atomic mass is 32.2. The van der Waals surface area contributed by atoms with Crippen molar-refractivity contribution in [1.29, 1.82) is 5.41 Å². The number of rotatable bonds is 4. The van der Waals surface area contributed by atoms with Crippen molar-refractivity contribution in [3.63, 3.8) is 0 Å². The summed E-state index contributed by atoms with van der Waals surface area (Å²) in [4.78, 5) is 13.5. The zero-order chi connectivity index (χ0) is 26.7. The molecule has 38 heavy (non-hydrogen) atoms. The van der Waals surface area contributed by atoms with Crippen LogP contribution in [-0.4, -0.2) is 51.6 Å². The van der Waals surface area contributed by atoms with E-state index in [1.54, 1.807) is 4.31 Å². The smallest absolute Gasteiger partial charge is 0.337 e. The van der Waals surface area contributed by atoms with Crippen LogP contribution >= 0.6 is 0 Å². The minimum absolute atomic E-state index is 0.00158. The van der Waals surface area contributed by atoms with E-state index in [0.717, 1.165) is 38.5 Å². The van der Waals surface area contributed by atoms with Crippen LogP contribution in [0.2, 0.25) is 0 Å². The van der Waals surface area contributed by atoms with Crippen molar-refractivity contribution in [2.45, 2.75) is 83.1 Å². The van der Waals surface area contributed by atoms with Gasteiger partial charge in [-0.15, -0.1) is 0 Å². The molecule has 2 aromatic rings. The first kappa shape index (κ1) is 24.6. The van der Waals surface area contributed by atoms with Gasteiger partial charge in [0.2, 0.25) is 15.9 Å². The second-order valence-corrected chi connectivity index (χ2v) is 15.1. The molecule has 7 rings (SSSR count). The fraction of sp³-hybridized carbons (Fsp3) is 0.655. The van der Waals surface area contributed by atoms with E-state index in [-0.39, 0.29) is 40.0 Å². The number of benzene rings is 1. The molecular formula is C29H38N4O4S. The number of sulfonamides is 1. The first-order chi connectivity index (χ1) is 18.0. The third-order valence-corrected chi connectivity index (χ3v) is 13.7. The Balaban J connectivity index is 1.20. The fourth-order valence-corrected chi connectivity index (χ4v) is 11.6. The van der Waals surface area contributed by atoms with Crippen LogP contribution < -0.4 is 5.69 Å². The molecule has 0 amide bonds. The molecule has 1 aromatic carbocycles. The van der Waals surface area contributed by atoms with Crippen molar-refractivity contribution in [2.24, 2.45) is 16.7 Å². The van der Waals surface area contributed by atoms with Crippen LogP contribution in [-0.2, 0) is 28.3 Å². The van der Waals surface area contributed by atoms with Crippen molar-refractivity contribution >= 4 is 15.9 Å². The molecule has 2 bridgehead atoms. The zero-order valence-electron chi connectivity index (χ0n) is 22.4. The highest BCUT2D eigenvalue weighted by Gasteiger charge is 2.67. The van der Waals surface area contributed by atoms with E-state index in [1.807, 2.05) is 0 Å². The number of nitrogens with zero attached hydrogens (tertiary/aromatic N) is 3. The van der Waals surface area contributed by atoms with Gasteiger partial charge in [0, 0.05) is 37.4 Å². The van der Waals surface area contributed by atoms with E-state index < -0.39 is 15.4 Å². The molecule has 8 nitrogen and oxygen atoms in total. The number of nitrogens with one attached hydrogen (secondary N) is 1. The second-order valence-electron chi connectivity index (χ2n) is 13.2. The van der Waals surface area contributed by atoms with E-state index in [4.69, 9.17) is 5.41 Å². The summed E-state index contributed by atoms with van der Waals surface area (Å²) in [6, 6.07) is 8.25. The van der Waals surface area contributed by atoms with E-state index in [1.165, 1.54) is 20.3 Å². The van der Waals surface area contributed by atoms with Gasteiger partial charge in [0.25, 0.3) is 0 Å². The van der Waals surface area contributed by atoms with Gasteiger partial charge < -0.3 is 5.11 Å². The predicted molar refractivity (Wildman–Crippen MR) is 145 cm³/mol. The number of fused-ring (bicyclic) bond motifs is 5. The molecule has 1 saturated heterocycles. The summed E-state index contributed by atoms with van der Waals surface area (Å²) in [6.07, 6.45) is 7.13. The molecule has 3 heterocycles. The van der Waals surface area contributed by atoms with Gasteiger partial charge >= 0.3 is 5.69 Å². The van der Waals surface area contributed by atoms with Gasteiger partial charge in [-0.05, 0) is 72.8 Å². The number of hydrogen-bond donors (Lipinski definition) is 2. The SMILES string of the molecule is CC1(C)[C@@H]2CC[C@@]1(CS(=O)(=O)N1CCC3(CCc4ccccc43)CC1)[C@@H](n1c(O)c3n(c1=O)C(=N)CC3)C2. The lowest BCUT2D eigenvalue weighted by Crippen LogP contribution is -2.51. The summed E-state index contributed by atoms with van der Waals surface area (Å²) in [6.45, 7) is 5.39. The van der Waals surface area contributed by atoms with Gasteiger partial charge in [-0.3, -0.25) is 9.98 Å². The molecule has 204 valence electrons. The highest BCUT2D eigenvalue weighted by molar-refractivity contribution is 7.89. The van der Waals surface area contributed by atoms with Crippen LogP contribution in [0.3, 0.4) is 0 Å². The molecule has 1 spiro atoms. The van der Waals surface area contributed by atoms with Crippen LogP contribution in [0.25, 0.3) is 0 Å². The lowest BCUT2D eigenvalue weighted by molar-refractivity contribution is 0.102. The Kier molecular flexibility index (Phi) is 5.08. The van der Waals surface area contributed by atoms with Crippen LogP contribution in [0.1, 0.15) is 81.7 Å². The van der Waals surface area contributed by atoms with E-state index in [2.05, 4.69) is 38.1 Å². The number of aryl methyl sites for hydroxylation is 1. The van der Waals surface area contributed by atoms with E-state index >= 15 is 0 Å². The molecule has 0 unspecified atom stereocenters. The highest BCUT2D eigenvalue weighted by Crippen LogP contribution is 2.70. The van der Waals surface area contributed by atoms with Crippen molar-refractivity contribution in [3.05, 3.63) is 51.6 Å². The third kappa shape index (κ3) is 3.03. The lowest BCUT2D eigenvalue weighted by atomic mass is 9.69. The monoisotopic (exact) mass is 538 g/mol. The van der Waals surface area contributed by atoms with Crippen LogP contribution in [0.5, 0.6) is 5.88 Å². The summed E-state index contributed by atoms with van der Waals surface area (Å²) in [5, 5.41) is 19.4. The first-order valence-corrected chi connectivity index (χ1v) is 15.8. The van der Waals surface area contributed by atoms with Gasteiger partial charge in [0.1, 0.15) is 5.84 Å². The Bertz CT molecular complexity index is 1510. The van der Waals surface area contributed by atoms with Crippen LogP contribution in [0, 0.1) is 22.2 Å². The van der Waals surface area contributed by atoms with Crippen molar-refractivity contribution < 1.29 is 13.5 Å². The minimum Gasteiger partial charge on any atom is -0.493 e. The average Bonchev–Trinajstić information content (AvgIpc) is 3.62. The topological polar surface area (TPSA) is 108 Å². The number of aromatic hydroxyl groups is 1. The molecule has 2 N–H and O–H groups in total. The molecule has 5 aliphatic rings. The normalized spacial score (nSPS) is 31.3. The van der Waals surface area contributed by atoms with Crippen molar-refractivity contribution in [3.8, 4) is 5.88 Å². The maximum absolute atomic E-state index is 14.1. The molecular weight excluding hydrogens is 500 g/mol. The Labute approximate surface area is 224 Å². The summed E-state index contributed by atoms with van der Waals surface area (Å²) >= 11 is 0. The molecule has 0 radical (unpaired) electrons. The largest absolute Gasteiger partial charge is 0.493 e. The molecule has 3 fully saturated rings. The number of aromatic nitrogens is 2. The van der Waals surface area contributed by atoms with Crippen LogP contribution in [0.15, 0.2) is 29.1 Å². The number of imidazole rings is 1. The van der Waals surface area contributed by atoms with Gasteiger partial charge in [0.15, 0.2) is 0 Å². The number of piperidine rings is 1. The maximum atomic E-state index is 14.1. The van der Waals surface area contributed by atoms with E-state index in [0.29, 0.717) is 44.0 Å². The standard InChI is InChI=1S/C29H38N4O4S/c1-27(2)20-10-12-29(27,23(17-20)33-25(34)22-7-8-24(30)32(22)26(33)35)18-38(36,37)31-15-13-28(14-16-31)11-9-19-5-3-4-6-21(19)28/h3-6,20,23,30,34H,7-18H2,1-2H3/t20-,23+,29-/m1/s1. The number of hydrogen-bond acceptors (Lipinski definition) is 5. The van der Waals surface area contributed by atoms with Crippen molar-refractivity contribution in [2.75, 3.05) is 18.8 Å². The van der Waals surface area contributed by atoms with Gasteiger partial charge in [0.05, 0.1) is 11.4 Å². The van der Waals surface area contributed by atoms with Gasteiger partial charge in [-0.1, -0.05) is 38.1 Å². The Hall–Kier alpha value is -2.39. The minimum atomic E-state index is -3.59.